The maximum atomic E-state index is 5.32. The molecule has 1 aliphatic rings. The van der Waals surface area contributed by atoms with Crippen molar-refractivity contribution in [2.24, 2.45) is 0 Å². The smallest absolute Gasteiger partial charge is 0.137 e. The fourth-order valence-electron chi connectivity index (χ4n) is 1.66. The Labute approximate surface area is 86.0 Å². The predicted molar refractivity (Wildman–Crippen MR) is 56.9 cm³/mol. The summed E-state index contributed by atoms with van der Waals surface area (Å²) in [6.07, 6.45) is 4.08. The summed E-state index contributed by atoms with van der Waals surface area (Å²) in [5.41, 5.74) is 1.17. The van der Waals surface area contributed by atoms with Crippen LogP contribution in [0.3, 0.4) is 0 Å². The molecule has 0 radical (unpaired) electrons. The molecule has 1 heterocycles. The van der Waals surface area contributed by atoms with E-state index < -0.39 is 0 Å². The van der Waals surface area contributed by atoms with Crippen LogP contribution in [0.1, 0.15) is 13.8 Å². The number of morpholine rings is 1. The number of hydrogen-bond donors (Lipinski definition) is 0. The van der Waals surface area contributed by atoms with E-state index in [2.05, 4.69) is 11.0 Å². The van der Waals surface area contributed by atoms with Crippen molar-refractivity contribution in [2.75, 3.05) is 33.4 Å². The number of ether oxygens (including phenoxy) is 2. The number of rotatable bonds is 3. The monoisotopic (exact) mass is 197 g/mol. The molecule has 0 amide bonds. The van der Waals surface area contributed by atoms with E-state index in [0.29, 0.717) is 0 Å². The van der Waals surface area contributed by atoms with E-state index in [4.69, 9.17) is 9.47 Å². The minimum atomic E-state index is 0.804. The van der Waals surface area contributed by atoms with E-state index >= 15 is 0 Å². The first-order chi connectivity index (χ1) is 6.83. The van der Waals surface area contributed by atoms with Crippen molar-refractivity contribution in [1.29, 1.82) is 0 Å². The zero-order valence-electron chi connectivity index (χ0n) is 9.25. The van der Waals surface area contributed by atoms with Crippen molar-refractivity contribution >= 4 is 0 Å². The number of nitrogens with zero attached hydrogens (tertiary/aromatic N) is 1. The van der Waals surface area contributed by atoms with Gasteiger partial charge in [-0.3, -0.25) is 0 Å². The number of methoxy groups -OCH3 is 1. The van der Waals surface area contributed by atoms with E-state index in [1.54, 1.807) is 7.11 Å². The van der Waals surface area contributed by atoms with E-state index in [1.165, 1.54) is 5.70 Å². The highest BCUT2D eigenvalue weighted by Crippen LogP contribution is 2.17. The summed E-state index contributed by atoms with van der Waals surface area (Å²) in [5, 5.41) is 0. The summed E-state index contributed by atoms with van der Waals surface area (Å²) in [6.45, 7) is 7.52. The molecule has 1 saturated heterocycles. The number of allylic oxidation sites excluding steroid dienone is 2. The van der Waals surface area contributed by atoms with Crippen molar-refractivity contribution in [3.8, 4) is 0 Å². The highest BCUT2D eigenvalue weighted by molar-refractivity contribution is 5.24. The lowest BCUT2D eigenvalue weighted by Gasteiger charge is -2.31. The molecular weight excluding hydrogens is 178 g/mol. The average Bonchev–Trinajstić information content (AvgIpc) is 2.27. The van der Waals surface area contributed by atoms with E-state index in [-0.39, 0.29) is 0 Å². The zero-order chi connectivity index (χ0) is 10.4. The molecule has 1 aliphatic heterocycles. The lowest BCUT2D eigenvalue weighted by Crippen LogP contribution is -2.36. The van der Waals surface area contributed by atoms with Crippen molar-refractivity contribution in [3.63, 3.8) is 0 Å². The van der Waals surface area contributed by atoms with Gasteiger partial charge in [-0.25, -0.2) is 0 Å². The Morgan fingerprint density at radius 1 is 1.21 bits per heavy atom. The second-order valence-corrected chi connectivity index (χ2v) is 3.13. The van der Waals surface area contributed by atoms with Crippen LogP contribution in [-0.4, -0.2) is 38.3 Å². The molecule has 0 bridgehead atoms. The second-order valence-electron chi connectivity index (χ2n) is 3.13. The van der Waals surface area contributed by atoms with E-state index in [1.807, 2.05) is 19.9 Å². The van der Waals surface area contributed by atoms with Gasteiger partial charge in [0.15, 0.2) is 0 Å². The lowest BCUT2D eigenvalue weighted by molar-refractivity contribution is 0.0511. The molecule has 0 atom stereocenters. The maximum absolute atomic E-state index is 5.32. The van der Waals surface area contributed by atoms with Crippen molar-refractivity contribution in [1.82, 2.24) is 4.90 Å². The standard InChI is InChI=1S/C11H19NO2/c1-4-10(11(5-2)13-3)12-6-8-14-9-7-12/h4-5H,6-9H2,1-3H3. The van der Waals surface area contributed by atoms with Gasteiger partial charge in [-0.2, -0.15) is 0 Å². The fourth-order valence-corrected chi connectivity index (χ4v) is 1.66. The van der Waals surface area contributed by atoms with Crippen molar-refractivity contribution in [3.05, 3.63) is 23.6 Å². The summed E-state index contributed by atoms with van der Waals surface area (Å²) in [5.74, 6) is 0.939. The Balaban J connectivity index is 2.70. The normalized spacial score (nSPS) is 19.8. The zero-order valence-corrected chi connectivity index (χ0v) is 9.25. The number of hydrogen-bond acceptors (Lipinski definition) is 3. The first kappa shape index (κ1) is 11.1. The van der Waals surface area contributed by atoms with Crippen LogP contribution < -0.4 is 0 Å². The van der Waals surface area contributed by atoms with Crippen molar-refractivity contribution < 1.29 is 9.47 Å². The molecule has 0 aromatic heterocycles. The van der Waals surface area contributed by atoms with Crippen LogP contribution in [0.2, 0.25) is 0 Å². The SMILES string of the molecule is CC=C(OC)C(=CC)N1CCOCC1. The van der Waals surface area contributed by atoms with Crippen LogP contribution in [0.4, 0.5) is 0 Å². The van der Waals surface area contributed by atoms with Gasteiger partial charge in [0.25, 0.3) is 0 Å². The Morgan fingerprint density at radius 3 is 2.29 bits per heavy atom. The summed E-state index contributed by atoms with van der Waals surface area (Å²) in [7, 11) is 1.71. The van der Waals surface area contributed by atoms with Crippen LogP contribution in [0, 0.1) is 0 Å². The van der Waals surface area contributed by atoms with Gasteiger partial charge in [-0.15, -0.1) is 0 Å². The molecular formula is C11H19NO2. The third kappa shape index (κ3) is 2.51. The van der Waals surface area contributed by atoms with Gasteiger partial charge in [0.05, 0.1) is 26.0 Å². The summed E-state index contributed by atoms with van der Waals surface area (Å²) >= 11 is 0. The van der Waals surface area contributed by atoms with Gasteiger partial charge in [-0.05, 0) is 19.9 Å². The molecule has 0 unspecified atom stereocenters. The van der Waals surface area contributed by atoms with Gasteiger partial charge in [0.2, 0.25) is 0 Å². The third-order valence-electron chi connectivity index (χ3n) is 2.36. The van der Waals surface area contributed by atoms with Gasteiger partial charge in [0.1, 0.15) is 5.76 Å². The average molecular weight is 197 g/mol. The Morgan fingerprint density at radius 2 is 1.86 bits per heavy atom. The molecule has 3 heteroatoms. The molecule has 0 saturated carbocycles. The molecule has 0 aromatic rings. The second kappa shape index (κ2) is 5.70. The van der Waals surface area contributed by atoms with Crippen molar-refractivity contribution in [2.45, 2.75) is 13.8 Å². The topological polar surface area (TPSA) is 21.7 Å². The van der Waals surface area contributed by atoms with Gasteiger partial charge >= 0.3 is 0 Å². The van der Waals surface area contributed by atoms with Crippen LogP contribution in [0.5, 0.6) is 0 Å². The van der Waals surface area contributed by atoms with Crippen LogP contribution in [-0.2, 0) is 9.47 Å². The molecule has 1 rings (SSSR count). The summed E-state index contributed by atoms with van der Waals surface area (Å²) in [4.78, 5) is 2.29. The summed E-state index contributed by atoms with van der Waals surface area (Å²) in [6, 6.07) is 0. The molecule has 0 spiro atoms. The largest absolute Gasteiger partial charge is 0.495 e. The molecule has 0 N–H and O–H groups in total. The molecule has 80 valence electrons. The van der Waals surface area contributed by atoms with Gasteiger partial charge in [0, 0.05) is 13.1 Å². The predicted octanol–water partition coefficient (Wildman–Crippen LogP) is 1.77. The highest BCUT2D eigenvalue weighted by Gasteiger charge is 2.15. The highest BCUT2D eigenvalue weighted by atomic mass is 16.5. The lowest BCUT2D eigenvalue weighted by atomic mass is 10.2. The fraction of sp³-hybridized carbons (Fsp3) is 0.636. The van der Waals surface area contributed by atoms with Gasteiger partial charge in [-0.1, -0.05) is 6.08 Å². The maximum Gasteiger partial charge on any atom is 0.137 e. The Bertz CT molecular complexity index is 227. The van der Waals surface area contributed by atoms with Crippen LogP contribution in [0.15, 0.2) is 23.6 Å². The van der Waals surface area contributed by atoms with Crippen LogP contribution in [0.25, 0.3) is 0 Å². The molecule has 1 fully saturated rings. The molecule has 0 aliphatic carbocycles. The molecule has 3 nitrogen and oxygen atoms in total. The summed E-state index contributed by atoms with van der Waals surface area (Å²) < 4.78 is 10.6. The minimum absolute atomic E-state index is 0.804. The van der Waals surface area contributed by atoms with E-state index in [0.717, 1.165) is 32.1 Å². The van der Waals surface area contributed by atoms with Crippen LogP contribution >= 0.6 is 0 Å². The first-order valence-electron chi connectivity index (χ1n) is 5.03. The molecule has 14 heavy (non-hydrogen) atoms. The minimum Gasteiger partial charge on any atom is -0.495 e. The first-order valence-corrected chi connectivity index (χ1v) is 5.03. The quantitative estimate of drug-likeness (QED) is 0.508. The molecule has 0 aromatic carbocycles. The third-order valence-corrected chi connectivity index (χ3v) is 2.36. The van der Waals surface area contributed by atoms with E-state index in [9.17, 15) is 0 Å². The Hall–Kier alpha value is -0.960. The van der Waals surface area contributed by atoms with Gasteiger partial charge < -0.3 is 14.4 Å². The Kier molecular flexibility index (Phi) is 4.53.